The van der Waals surface area contributed by atoms with Gasteiger partial charge in [0.1, 0.15) is 17.7 Å². The largest absolute Gasteiger partial charge is 0.444 e. The highest BCUT2D eigenvalue weighted by Gasteiger charge is 2.69. The monoisotopic (exact) mass is 556 g/mol. The van der Waals surface area contributed by atoms with Crippen molar-refractivity contribution in [3.05, 3.63) is 0 Å². The van der Waals surface area contributed by atoms with Crippen LogP contribution in [0.4, 0.5) is 13.6 Å². The molecule has 0 bridgehead atoms. The number of carbonyl (C=O) groups is 5. The number of alkyl halides is 2. The van der Waals surface area contributed by atoms with Crippen LogP contribution in [-0.4, -0.2) is 71.2 Å². The molecule has 1 heterocycles. The van der Waals surface area contributed by atoms with E-state index in [1.807, 2.05) is 13.8 Å². The van der Waals surface area contributed by atoms with Gasteiger partial charge in [-0.25, -0.2) is 13.6 Å². The number of nitrogens with zero attached hydrogens (tertiary/aromatic N) is 1. The molecule has 220 valence electrons. The fraction of sp³-hybridized carbons (Fsp3) is 0.815. The number of alkyl carbamates (subject to hydrolysis) is 1. The number of nitrogens with two attached hydrogens (primary N) is 1. The molecule has 2 unspecified atom stereocenters. The number of amides is 4. The van der Waals surface area contributed by atoms with Crippen molar-refractivity contribution in [2.45, 2.75) is 110 Å². The average molecular weight is 557 g/mol. The molecule has 2 saturated carbocycles. The predicted octanol–water partition coefficient (Wildman–Crippen LogP) is 2.53. The van der Waals surface area contributed by atoms with Gasteiger partial charge in [-0.15, -0.1) is 0 Å². The highest BCUT2D eigenvalue weighted by molar-refractivity contribution is 6.37. The van der Waals surface area contributed by atoms with Gasteiger partial charge in [-0.1, -0.05) is 33.1 Å². The zero-order valence-corrected chi connectivity index (χ0v) is 23.4. The number of likely N-dealkylation sites (tertiary alicyclic amines) is 1. The Morgan fingerprint density at radius 2 is 1.64 bits per heavy atom. The van der Waals surface area contributed by atoms with Gasteiger partial charge >= 0.3 is 6.09 Å². The number of halogens is 2. The van der Waals surface area contributed by atoms with Gasteiger partial charge in [-0.2, -0.15) is 0 Å². The first kappa shape index (κ1) is 30.7. The molecule has 10 nitrogen and oxygen atoms in total. The Morgan fingerprint density at radius 3 is 2.18 bits per heavy atom. The van der Waals surface area contributed by atoms with Gasteiger partial charge in [0, 0.05) is 13.0 Å². The standard InChI is InChI=1S/C27H42F2N4O6/c1-26(2,3)39-25(38)32-19(14-9-7-6-8-10-14)24(37)33-13-15-18(27(15,4)5)20(33)23(36)31-16(11-12-17(28)29)21(34)22(30)35/h14-20H,6-13H2,1-5H3,(H2,30,35)(H,31,36)(H,32,38)/t15?,16?,18-,19-,20-/m0/s1. The van der Waals surface area contributed by atoms with Crippen LogP contribution < -0.4 is 16.4 Å². The maximum absolute atomic E-state index is 14.0. The minimum atomic E-state index is -2.74. The number of fused-ring (bicyclic) bond motifs is 1. The second-order valence-corrected chi connectivity index (χ2v) is 12.7. The molecule has 3 aliphatic rings. The molecule has 3 fully saturated rings. The number of rotatable bonds is 10. The van der Waals surface area contributed by atoms with Crippen LogP contribution in [-0.2, 0) is 23.9 Å². The van der Waals surface area contributed by atoms with Crippen LogP contribution in [0.3, 0.4) is 0 Å². The Hall–Kier alpha value is -2.79. The number of ketones is 1. The van der Waals surface area contributed by atoms with Crippen molar-refractivity contribution >= 4 is 29.6 Å². The number of ether oxygens (including phenoxy) is 1. The summed E-state index contributed by atoms with van der Waals surface area (Å²) in [6.07, 6.45) is -0.317. The topological polar surface area (TPSA) is 148 Å². The summed E-state index contributed by atoms with van der Waals surface area (Å²) >= 11 is 0. The Balaban J connectivity index is 1.85. The summed E-state index contributed by atoms with van der Waals surface area (Å²) in [5, 5.41) is 5.19. The van der Waals surface area contributed by atoms with Crippen molar-refractivity contribution < 1.29 is 37.5 Å². The number of Topliss-reactive ketones (excluding diaryl/α,β-unsaturated/α-hetero) is 1. The van der Waals surface area contributed by atoms with Crippen molar-refractivity contribution in [1.29, 1.82) is 0 Å². The second kappa shape index (κ2) is 11.8. The number of carbonyl (C=O) groups excluding carboxylic acids is 5. The van der Waals surface area contributed by atoms with Crippen LogP contribution in [0.25, 0.3) is 0 Å². The fourth-order valence-corrected chi connectivity index (χ4v) is 6.27. The number of nitrogens with one attached hydrogen (secondary N) is 2. The molecule has 1 saturated heterocycles. The average Bonchev–Trinajstić information content (AvgIpc) is 3.16. The van der Waals surface area contributed by atoms with Crippen molar-refractivity contribution in [3.63, 3.8) is 0 Å². The van der Waals surface area contributed by atoms with E-state index in [0.717, 1.165) is 32.1 Å². The van der Waals surface area contributed by atoms with Gasteiger partial charge in [0.05, 0.1) is 6.04 Å². The van der Waals surface area contributed by atoms with E-state index in [1.165, 1.54) is 4.90 Å². The zero-order chi connectivity index (χ0) is 29.3. The molecule has 5 atom stereocenters. The van der Waals surface area contributed by atoms with Gasteiger partial charge in [0.15, 0.2) is 0 Å². The Kier molecular flexibility index (Phi) is 9.27. The van der Waals surface area contributed by atoms with Crippen LogP contribution in [0.2, 0.25) is 0 Å². The van der Waals surface area contributed by atoms with Crippen molar-refractivity contribution in [2.24, 2.45) is 28.9 Å². The first-order valence-electron chi connectivity index (χ1n) is 13.8. The summed E-state index contributed by atoms with van der Waals surface area (Å²) in [7, 11) is 0. The van der Waals surface area contributed by atoms with Crippen molar-refractivity contribution in [1.82, 2.24) is 15.5 Å². The third kappa shape index (κ3) is 7.25. The minimum Gasteiger partial charge on any atom is -0.444 e. The minimum absolute atomic E-state index is 0.0112. The van der Waals surface area contributed by atoms with Gasteiger partial charge in [-0.3, -0.25) is 19.2 Å². The van der Waals surface area contributed by atoms with E-state index < -0.39 is 72.6 Å². The molecular weight excluding hydrogens is 514 g/mol. The van der Waals surface area contributed by atoms with Gasteiger partial charge in [-0.05, 0) is 63.2 Å². The SMILES string of the molecule is CC(C)(C)OC(=O)N[C@H](C(=O)N1CC2[C@@H]([C@H]1C(=O)NC(CCC(F)F)C(=O)C(N)=O)C2(C)C)C1CCCCC1. The molecule has 39 heavy (non-hydrogen) atoms. The number of piperidine rings is 1. The third-order valence-electron chi connectivity index (χ3n) is 8.37. The molecule has 0 radical (unpaired) electrons. The lowest BCUT2D eigenvalue weighted by molar-refractivity contribution is -0.144. The summed E-state index contributed by atoms with van der Waals surface area (Å²) in [5.74, 6) is -3.97. The predicted molar refractivity (Wildman–Crippen MR) is 137 cm³/mol. The summed E-state index contributed by atoms with van der Waals surface area (Å²) < 4.78 is 31.2. The summed E-state index contributed by atoms with van der Waals surface area (Å²) in [4.78, 5) is 65.6. The normalized spacial score (nSPS) is 25.8. The lowest BCUT2D eigenvalue weighted by atomic mass is 9.83. The summed E-state index contributed by atoms with van der Waals surface area (Å²) in [5.41, 5.74) is 4.06. The molecule has 0 aromatic carbocycles. The molecule has 12 heteroatoms. The maximum Gasteiger partial charge on any atom is 0.408 e. The van der Waals surface area contributed by atoms with Crippen LogP contribution in [0, 0.1) is 23.2 Å². The smallest absolute Gasteiger partial charge is 0.408 e. The van der Waals surface area contributed by atoms with Gasteiger partial charge < -0.3 is 26.0 Å². The fourth-order valence-electron chi connectivity index (χ4n) is 6.27. The summed E-state index contributed by atoms with van der Waals surface area (Å²) in [6.45, 7) is 9.39. The quantitative estimate of drug-likeness (QED) is 0.352. The maximum atomic E-state index is 14.0. The molecule has 0 aromatic heterocycles. The third-order valence-corrected chi connectivity index (χ3v) is 8.37. The molecule has 2 aliphatic carbocycles. The molecule has 0 aromatic rings. The van der Waals surface area contributed by atoms with Crippen LogP contribution >= 0.6 is 0 Å². The molecule has 0 spiro atoms. The number of hydrogen-bond donors (Lipinski definition) is 3. The van der Waals surface area contributed by atoms with E-state index in [4.69, 9.17) is 10.5 Å². The number of primary amides is 1. The van der Waals surface area contributed by atoms with Crippen LogP contribution in [0.15, 0.2) is 0 Å². The Bertz CT molecular complexity index is 976. The highest BCUT2D eigenvalue weighted by Crippen LogP contribution is 2.65. The first-order chi connectivity index (χ1) is 18.0. The van der Waals surface area contributed by atoms with E-state index in [1.54, 1.807) is 20.8 Å². The zero-order valence-electron chi connectivity index (χ0n) is 23.4. The van der Waals surface area contributed by atoms with E-state index >= 15 is 0 Å². The lowest BCUT2D eigenvalue weighted by Crippen LogP contribution is -2.59. The van der Waals surface area contributed by atoms with Gasteiger partial charge in [0.2, 0.25) is 24.0 Å². The van der Waals surface area contributed by atoms with Crippen molar-refractivity contribution in [2.75, 3.05) is 6.54 Å². The molecule has 4 N–H and O–H groups in total. The van der Waals surface area contributed by atoms with Gasteiger partial charge in [0.25, 0.3) is 5.91 Å². The molecule has 3 rings (SSSR count). The number of hydrogen-bond acceptors (Lipinski definition) is 6. The highest BCUT2D eigenvalue weighted by atomic mass is 19.3. The molecule has 1 aliphatic heterocycles. The van der Waals surface area contributed by atoms with E-state index in [2.05, 4.69) is 10.6 Å². The van der Waals surface area contributed by atoms with Crippen LogP contribution in [0.5, 0.6) is 0 Å². The molecular formula is C27H42F2N4O6. The van der Waals surface area contributed by atoms with E-state index in [9.17, 15) is 32.8 Å². The lowest BCUT2D eigenvalue weighted by Gasteiger charge is -2.37. The Morgan fingerprint density at radius 1 is 1.03 bits per heavy atom. The first-order valence-corrected chi connectivity index (χ1v) is 13.8. The second-order valence-electron chi connectivity index (χ2n) is 12.7. The molecule has 4 amide bonds. The summed E-state index contributed by atoms with van der Waals surface area (Å²) in [6, 6.07) is -3.41. The van der Waals surface area contributed by atoms with Crippen LogP contribution in [0.1, 0.15) is 79.6 Å². The van der Waals surface area contributed by atoms with Crippen molar-refractivity contribution in [3.8, 4) is 0 Å². The Labute approximate surface area is 228 Å². The van der Waals surface area contributed by atoms with E-state index in [0.29, 0.717) is 0 Å². The van der Waals surface area contributed by atoms with E-state index in [-0.39, 0.29) is 29.7 Å².